The number of rotatable bonds is 7. The van der Waals surface area contributed by atoms with Crippen LogP contribution in [0.25, 0.3) is 0 Å². The summed E-state index contributed by atoms with van der Waals surface area (Å²) >= 11 is 0. The highest BCUT2D eigenvalue weighted by Gasteiger charge is 2.43. The van der Waals surface area contributed by atoms with Crippen molar-refractivity contribution in [1.29, 1.82) is 0 Å². The van der Waals surface area contributed by atoms with Crippen molar-refractivity contribution >= 4 is 17.8 Å². The lowest BCUT2D eigenvalue weighted by Crippen LogP contribution is -2.58. The smallest absolute Gasteiger partial charge is 0.308 e. The van der Waals surface area contributed by atoms with E-state index in [1.165, 1.54) is 11.1 Å². The number of nitrogens with zero attached hydrogens (tertiary/aromatic N) is 1. The van der Waals surface area contributed by atoms with Crippen molar-refractivity contribution in [1.82, 2.24) is 10.2 Å². The summed E-state index contributed by atoms with van der Waals surface area (Å²) < 4.78 is 5.39. The number of ether oxygens (including phenoxy) is 1. The first kappa shape index (κ1) is 24.9. The zero-order valence-electron chi connectivity index (χ0n) is 20.6. The Morgan fingerprint density at radius 1 is 1.03 bits per heavy atom. The van der Waals surface area contributed by atoms with Crippen molar-refractivity contribution in [2.75, 3.05) is 13.1 Å². The number of amides is 2. The molecule has 4 rings (SSSR count). The molecule has 0 saturated carbocycles. The maximum Gasteiger partial charge on any atom is 0.308 e. The fourth-order valence-electron chi connectivity index (χ4n) is 5.17. The molecule has 186 valence electrons. The highest BCUT2D eigenvalue weighted by molar-refractivity contribution is 5.93. The van der Waals surface area contributed by atoms with Gasteiger partial charge in [-0.15, -0.1) is 0 Å². The van der Waals surface area contributed by atoms with Crippen molar-refractivity contribution in [2.24, 2.45) is 5.73 Å². The lowest BCUT2D eigenvalue weighted by atomic mass is 9.74. The van der Waals surface area contributed by atoms with Crippen LogP contribution in [0, 0.1) is 0 Å². The van der Waals surface area contributed by atoms with Crippen LogP contribution in [0.3, 0.4) is 0 Å². The van der Waals surface area contributed by atoms with Gasteiger partial charge in [0.1, 0.15) is 12.6 Å². The van der Waals surface area contributed by atoms with E-state index in [0.717, 1.165) is 31.2 Å². The molecule has 1 atom stereocenters. The van der Waals surface area contributed by atoms with Gasteiger partial charge in [0.15, 0.2) is 0 Å². The van der Waals surface area contributed by atoms with Crippen LogP contribution in [0.15, 0.2) is 54.6 Å². The predicted octanol–water partition coefficient (Wildman–Crippen LogP) is 2.85. The van der Waals surface area contributed by atoms with E-state index in [1.54, 1.807) is 18.7 Å². The normalized spacial score (nSPS) is 17.5. The predicted molar refractivity (Wildman–Crippen MR) is 133 cm³/mol. The van der Waals surface area contributed by atoms with Crippen LogP contribution in [0.2, 0.25) is 0 Å². The molecular weight excluding hydrogens is 442 g/mol. The average molecular weight is 478 g/mol. The zero-order valence-corrected chi connectivity index (χ0v) is 20.6. The monoisotopic (exact) mass is 477 g/mol. The third-order valence-corrected chi connectivity index (χ3v) is 7.30. The molecule has 1 spiro atoms. The Morgan fingerprint density at radius 3 is 2.37 bits per heavy atom. The first-order valence-corrected chi connectivity index (χ1v) is 12.3. The number of likely N-dealkylation sites (tertiary alicyclic amines) is 1. The molecule has 2 aromatic carbocycles. The number of benzene rings is 2. The van der Waals surface area contributed by atoms with Crippen molar-refractivity contribution < 1.29 is 19.1 Å². The van der Waals surface area contributed by atoms with Crippen molar-refractivity contribution in [3.63, 3.8) is 0 Å². The van der Waals surface area contributed by atoms with E-state index in [0.29, 0.717) is 13.1 Å². The number of carbonyl (C=O) groups is 3. The van der Waals surface area contributed by atoms with Gasteiger partial charge in [-0.3, -0.25) is 14.4 Å². The molecule has 1 heterocycles. The number of nitrogens with one attached hydrogen (secondary N) is 1. The molecule has 2 amide bonds. The van der Waals surface area contributed by atoms with E-state index in [2.05, 4.69) is 29.6 Å². The summed E-state index contributed by atoms with van der Waals surface area (Å²) in [4.78, 5) is 40.5. The molecule has 35 heavy (non-hydrogen) atoms. The van der Waals surface area contributed by atoms with Gasteiger partial charge in [-0.05, 0) is 61.6 Å². The SMILES string of the molecule is CC(C)(N)C(=O)N[C@H](CC(=O)OCc1ccccc1)C(=O)N1CCC2(CCc3ccccc32)CC1. The number of aryl methyl sites for hydroxylation is 1. The minimum absolute atomic E-state index is 0.111. The van der Waals surface area contributed by atoms with Crippen LogP contribution < -0.4 is 11.1 Å². The van der Waals surface area contributed by atoms with Gasteiger partial charge in [0, 0.05) is 13.1 Å². The largest absolute Gasteiger partial charge is 0.461 e. The van der Waals surface area contributed by atoms with Crippen molar-refractivity contribution in [3.8, 4) is 0 Å². The fraction of sp³-hybridized carbons (Fsp3) is 0.464. The summed E-state index contributed by atoms with van der Waals surface area (Å²) in [7, 11) is 0. The maximum absolute atomic E-state index is 13.5. The zero-order chi connectivity index (χ0) is 25.1. The van der Waals surface area contributed by atoms with E-state index >= 15 is 0 Å². The fourth-order valence-corrected chi connectivity index (χ4v) is 5.17. The lowest BCUT2D eigenvalue weighted by molar-refractivity contribution is -0.149. The van der Waals surface area contributed by atoms with Gasteiger partial charge in [-0.1, -0.05) is 54.6 Å². The van der Waals surface area contributed by atoms with Gasteiger partial charge in [0.2, 0.25) is 11.8 Å². The molecular formula is C28H35N3O4. The summed E-state index contributed by atoms with van der Waals surface area (Å²) in [5.41, 5.74) is 8.55. The highest BCUT2D eigenvalue weighted by atomic mass is 16.5. The maximum atomic E-state index is 13.5. The molecule has 0 unspecified atom stereocenters. The molecule has 2 aliphatic rings. The number of esters is 1. The third kappa shape index (κ3) is 5.73. The van der Waals surface area contributed by atoms with Gasteiger partial charge >= 0.3 is 5.97 Å². The van der Waals surface area contributed by atoms with Gasteiger partial charge < -0.3 is 20.7 Å². The molecule has 0 bridgehead atoms. The molecule has 0 aromatic heterocycles. The topological polar surface area (TPSA) is 102 Å². The van der Waals surface area contributed by atoms with Crippen LogP contribution in [-0.4, -0.2) is 47.4 Å². The number of hydrogen-bond donors (Lipinski definition) is 2. The summed E-state index contributed by atoms with van der Waals surface area (Å²) in [6, 6.07) is 16.9. The Bertz CT molecular complexity index is 1070. The minimum atomic E-state index is -1.17. The molecule has 1 saturated heterocycles. The first-order chi connectivity index (χ1) is 16.7. The second-order valence-electron chi connectivity index (χ2n) is 10.4. The average Bonchev–Trinajstić information content (AvgIpc) is 3.20. The summed E-state index contributed by atoms with van der Waals surface area (Å²) in [5.74, 6) is -1.29. The van der Waals surface area contributed by atoms with E-state index in [4.69, 9.17) is 10.5 Å². The second kappa shape index (κ2) is 10.2. The van der Waals surface area contributed by atoms with Crippen LogP contribution in [-0.2, 0) is 37.6 Å². The third-order valence-electron chi connectivity index (χ3n) is 7.30. The number of nitrogens with two attached hydrogens (primary N) is 1. The molecule has 1 fully saturated rings. The van der Waals surface area contributed by atoms with Crippen LogP contribution in [0.1, 0.15) is 56.2 Å². The van der Waals surface area contributed by atoms with Crippen molar-refractivity contribution in [2.45, 2.75) is 69.6 Å². The van der Waals surface area contributed by atoms with Crippen LogP contribution in [0.5, 0.6) is 0 Å². The Morgan fingerprint density at radius 2 is 1.69 bits per heavy atom. The summed E-state index contributed by atoms with van der Waals surface area (Å²) in [6.07, 6.45) is 3.68. The number of piperidine rings is 1. The number of fused-ring (bicyclic) bond motifs is 2. The molecule has 7 nitrogen and oxygen atoms in total. The van der Waals surface area contributed by atoms with Crippen molar-refractivity contribution in [3.05, 3.63) is 71.3 Å². The second-order valence-corrected chi connectivity index (χ2v) is 10.4. The van der Waals surface area contributed by atoms with Gasteiger partial charge in [-0.2, -0.15) is 0 Å². The van der Waals surface area contributed by atoms with Gasteiger partial charge in [-0.25, -0.2) is 0 Å². The molecule has 2 aromatic rings. The van der Waals surface area contributed by atoms with E-state index in [9.17, 15) is 14.4 Å². The molecule has 3 N–H and O–H groups in total. The summed E-state index contributed by atoms with van der Waals surface area (Å²) in [5, 5.41) is 2.70. The quantitative estimate of drug-likeness (QED) is 0.597. The Hall–Kier alpha value is -3.19. The van der Waals surface area contributed by atoms with Crippen LogP contribution in [0.4, 0.5) is 0 Å². The Kier molecular flexibility index (Phi) is 7.26. The first-order valence-electron chi connectivity index (χ1n) is 12.3. The lowest BCUT2D eigenvalue weighted by Gasteiger charge is -2.41. The van der Waals surface area contributed by atoms with Gasteiger partial charge in [0.25, 0.3) is 0 Å². The number of hydrogen-bond acceptors (Lipinski definition) is 5. The Balaban J connectivity index is 1.41. The van der Waals surface area contributed by atoms with Crippen LogP contribution >= 0.6 is 0 Å². The van der Waals surface area contributed by atoms with E-state index in [-0.39, 0.29) is 24.3 Å². The molecule has 7 heteroatoms. The van der Waals surface area contributed by atoms with Gasteiger partial charge in [0.05, 0.1) is 12.0 Å². The molecule has 1 aliphatic heterocycles. The summed E-state index contributed by atoms with van der Waals surface area (Å²) in [6.45, 7) is 4.43. The minimum Gasteiger partial charge on any atom is -0.461 e. The standard InChI is InChI=1S/C28H35N3O4/c1-27(2,29)26(34)30-23(18-24(32)35-19-20-8-4-3-5-9-20)25(33)31-16-14-28(15-17-31)13-12-21-10-6-7-11-22(21)28/h3-11,23H,12-19,29H2,1-2H3,(H,30,34)/t23-/m1/s1. The molecule has 0 radical (unpaired) electrons. The van der Waals surface area contributed by atoms with E-state index < -0.39 is 23.5 Å². The number of carbonyl (C=O) groups excluding carboxylic acids is 3. The Labute approximate surface area is 207 Å². The highest BCUT2D eigenvalue weighted by Crippen LogP contribution is 2.46. The molecule has 1 aliphatic carbocycles. The van der Waals surface area contributed by atoms with E-state index in [1.807, 2.05) is 30.3 Å².